The van der Waals surface area contributed by atoms with Crippen LogP contribution in [0.4, 0.5) is 23.0 Å². The van der Waals surface area contributed by atoms with E-state index in [9.17, 15) is 9.59 Å². The number of nitrogens with zero attached hydrogens (tertiary/aromatic N) is 3. The van der Waals surface area contributed by atoms with Crippen LogP contribution in [0, 0.1) is 0 Å². The molecule has 0 aliphatic carbocycles. The molecule has 9 nitrogen and oxygen atoms in total. The molecule has 2 aromatic rings. The van der Waals surface area contributed by atoms with Gasteiger partial charge in [-0.25, -0.2) is 4.98 Å². The number of esters is 1. The summed E-state index contributed by atoms with van der Waals surface area (Å²) in [7, 11) is 0. The first-order chi connectivity index (χ1) is 13.0. The number of nitrogens with one attached hydrogen (secondary N) is 1. The number of rotatable bonds is 8. The highest BCUT2D eigenvalue weighted by atomic mass is 16.5. The minimum Gasteiger partial charge on any atom is -0.424 e. The fourth-order valence-electron chi connectivity index (χ4n) is 2.07. The molecule has 9 heteroatoms. The van der Waals surface area contributed by atoms with E-state index in [2.05, 4.69) is 20.5 Å². The smallest absolute Gasteiger partial charge is 0.311 e. The van der Waals surface area contributed by atoms with E-state index in [1.165, 1.54) is 0 Å². The molecular weight excluding hydrogens is 348 g/mol. The number of azo groups is 1. The van der Waals surface area contributed by atoms with Crippen molar-refractivity contribution >= 4 is 34.9 Å². The maximum absolute atomic E-state index is 11.7. The molecule has 0 unspecified atom stereocenters. The molecule has 0 fully saturated rings. The standard InChI is InChI=1S/C18H22N6O3/c1-2-5-17(26)27-14-7-4-3-6-12(14)23-24-13-8-9-15(22-18(13)20)21-16(25)10-11-19/h3-4,6-9H,2,5,10-11,19H2,1H3,(H3,20,21,22,25). The third kappa shape index (κ3) is 6.15. The number of ether oxygens (including phenoxy) is 1. The molecule has 0 atom stereocenters. The second-order valence-electron chi connectivity index (χ2n) is 5.58. The summed E-state index contributed by atoms with van der Waals surface area (Å²) >= 11 is 0. The first kappa shape index (κ1) is 20.0. The average Bonchev–Trinajstić information content (AvgIpc) is 2.62. The third-order valence-electron chi connectivity index (χ3n) is 3.35. The first-order valence-electron chi connectivity index (χ1n) is 8.51. The highest BCUT2D eigenvalue weighted by Crippen LogP contribution is 2.30. The number of amides is 1. The van der Waals surface area contributed by atoms with E-state index in [1.54, 1.807) is 36.4 Å². The fourth-order valence-corrected chi connectivity index (χ4v) is 2.07. The zero-order valence-corrected chi connectivity index (χ0v) is 15.0. The van der Waals surface area contributed by atoms with E-state index in [0.29, 0.717) is 35.8 Å². The van der Waals surface area contributed by atoms with Crippen LogP contribution in [0.1, 0.15) is 26.2 Å². The quantitative estimate of drug-likeness (QED) is 0.370. The SMILES string of the molecule is CCCC(=O)Oc1ccccc1N=Nc1ccc(NC(=O)CCN)nc1N. The largest absolute Gasteiger partial charge is 0.424 e. The molecule has 0 aliphatic rings. The van der Waals surface area contributed by atoms with Gasteiger partial charge >= 0.3 is 5.97 Å². The lowest BCUT2D eigenvalue weighted by Gasteiger charge is -2.07. The van der Waals surface area contributed by atoms with Crippen molar-refractivity contribution in [2.45, 2.75) is 26.2 Å². The highest BCUT2D eigenvalue weighted by Gasteiger charge is 2.09. The number of aromatic nitrogens is 1. The van der Waals surface area contributed by atoms with Gasteiger partial charge in [0.1, 0.15) is 17.2 Å². The topological polar surface area (TPSA) is 145 Å². The van der Waals surface area contributed by atoms with Crippen molar-refractivity contribution in [3.8, 4) is 5.75 Å². The monoisotopic (exact) mass is 370 g/mol. The van der Waals surface area contributed by atoms with Crippen LogP contribution in [0.5, 0.6) is 5.75 Å². The third-order valence-corrected chi connectivity index (χ3v) is 3.35. The normalized spacial score (nSPS) is 10.7. The average molecular weight is 370 g/mol. The molecule has 142 valence electrons. The van der Waals surface area contributed by atoms with Gasteiger partial charge in [-0.3, -0.25) is 9.59 Å². The number of pyridine rings is 1. The molecule has 0 bridgehead atoms. The zero-order valence-electron chi connectivity index (χ0n) is 15.0. The van der Waals surface area contributed by atoms with E-state index in [-0.39, 0.29) is 30.7 Å². The summed E-state index contributed by atoms with van der Waals surface area (Å²) in [4.78, 5) is 27.3. The van der Waals surface area contributed by atoms with Gasteiger partial charge in [-0.05, 0) is 30.7 Å². The lowest BCUT2D eigenvalue weighted by molar-refractivity contribution is -0.134. The van der Waals surface area contributed by atoms with Crippen molar-refractivity contribution in [1.29, 1.82) is 0 Å². The molecule has 0 spiro atoms. The number of para-hydroxylation sites is 1. The van der Waals surface area contributed by atoms with Gasteiger partial charge in [-0.15, -0.1) is 10.2 Å². The van der Waals surface area contributed by atoms with E-state index in [4.69, 9.17) is 16.2 Å². The molecule has 1 aromatic carbocycles. The predicted molar refractivity (Wildman–Crippen MR) is 102 cm³/mol. The Morgan fingerprint density at radius 1 is 1.11 bits per heavy atom. The van der Waals surface area contributed by atoms with Gasteiger partial charge in [0.15, 0.2) is 11.6 Å². The van der Waals surface area contributed by atoms with Crippen molar-refractivity contribution < 1.29 is 14.3 Å². The Hall–Kier alpha value is -3.33. The van der Waals surface area contributed by atoms with Gasteiger partial charge in [0.2, 0.25) is 5.91 Å². The predicted octanol–water partition coefficient (Wildman–Crippen LogP) is 3.07. The number of carbonyl (C=O) groups is 2. The summed E-state index contributed by atoms with van der Waals surface area (Å²) in [6.45, 7) is 2.14. The lowest BCUT2D eigenvalue weighted by atomic mass is 10.3. The molecule has 2 rings (SSSR count). The Kier molecular flexibility index (Phi) is 7.38. The van der Waals surface area contributed by atoms with Crippen LogP contribution in [0.3, 0.4) is 0 Å². The number of nitrogen functional groups attached to an aromatic ring is 1. The summed E-state index contributed by atoms with van der Waals surface area (Å²) in [5, 5.41) is 10.7. The summed E-state index contributed by atoms with van der Waals surface area (Å²) in [5.41, 5.74) is 11.9. The molecule has 0 saturated heterocycles. The summed E-state index contributed by atoms with van der Waals surface area (Å²) < 4.78 is 5.29. The van der Waals surface area contributed by atoms with Gasteiger partial charge in [0.25, 0.3) is 0 Å². The van der Waals surface area contributed by atoms with E-state index < -0.39 is 0 Å². The van der Waals surface area contributed by atoms with Crippen molar-refractivity contribution in [1.82, 2.24) is 4.98 Å². The van der Waals surface area contributed by atoms with Crippen LogP contribution in [0.2, 0.25) is 0 Å². The summed E-state index contributed by atoms with van der Waals surface area (Å²) in [6, 6.07) is 9.94. The number of carbonyl (C=O) groups excluding carboxylic acids is 2. The van der Waals surface area contributed by atoms with E-state index in [1.807, 2.05) is 6.92 Å². The molecule has 5 N–H and O–H groups in total. The fraction of sp³-hybridized carbons (Fsp3) is 0.278. The molecule has 27 heavy (non-hydrogen) atoms. The minimum absolute atomic E-state index is 0.102. The first-order valence-corrected chi connectivity index (χ1v) is 8.51. The number of anilines is 2. The van der Waals surface area contributed by atoms with E-state index >= 15 is 0 Å². The van der Waals surface area contributed by atoms with E-state index in [0.717, 1.165) is 0 Å². The molecule has 1 heterocycles. The van der Waals surface area contributed by atoms with Crippen LogP contribution in [-0.2, 0) is 9.59 Å². The van der Waals surface area contributed by atoms with Gasteiger partial charge in [-0.2, -0.15) is 0 Å². The molecule has 0 saturated carbocycles. The Morgan fingerprint density at radius 3 is 2.56 bits per heavy atom. The highest BCUT2D eigenvalue weighted by molar-refractivity contribution is 5.90. The van der Waals surface area contributed by atoms with Crippen LogP contribution in [-0.4, -0.2) is 23.4 Å². The van der Waals surface area contributed by atoms with Crippen LogP contribution in [0.25, 0.3) is 0 Å². The minimum atomic E-state index is -0.334. The lowest BCUT2D eigenvalue weighted by Crippen LogP contribution is -2.17. The van der Waals surface area contributed by atoms with Crippen molar-refractivity contribution in [2.75, 3.05) is 17.6 Å². The molecule has 1 aromatic heterocycles. The Labute approximate surface area is 156 Å². The van der Waals surface area contributed by atoms with Crippen molar-refractivity contribution in [3.63, 3.8) is 0 Å². The van der Waals surface area contributed by atoms with Crippen LogP contribution < -0.4 is 21.5 Å². The van der Waals surface area contributed by atoms with Gasteiger partial charge in [0, 0.05) is 19.4 Å². The summed E-state index contributed by atoms with van der Waals surface area (Å²) in [6.07, 6.45) is 1.20. The number of benzene rings is 1. The van der Waals surface area contributed by atoms with Gasteiger partial charge < -0.3 is 21.5 Å². The number of hydrogen-bond donors (Lipinski definition) is 3. The van der Waals surface area contributed by atoms with Crippen LogP contribution >= 0.6 is 0 Å². The van der Waals surface area contributed by atoms with Crippen LogP contribution in [0.15, 0.2) is 46.6 Å². The van der Waals surface area contributed by atoms with Crippen molar-refractivity contribution in [3.05, 3.63) is 36.4 Å². The maximum atomic E-state index is 11.7. The zero-order chi connectivity index (χ0) is 19.6. The molecule has 0 radical (unpaired) electrons. The number of nitrogens with two attached hydrogens (primary N) is 2. The van der Waals surface area contributed by atoms with Gasteiger partial charge in [0.05, 0.1) is 0 Å². The second kappa shape index (κ2) is 9.97. The number of hydrogen-bond acceptors (Lipinski definition) is 8. The Morgan fingerprint density at radius 2 is 1.85 bits per heavy atom. The second-order valence-corrected chi connectivity index (χ2v) is 5.58. The Balaban J connectivity index is 2.14. The Bertz CT molecular complexity index is 838. The maximum Gasteiger partial charge on any atom is 0.311 e. The van der Waals surface area contributed by atoms with Crippen molar-refractivity contribution in [2.24, 2.45) is 16.0 Å². The molecule has 1 amide bonds. The molecule has 0 aliphatic heterocycles. The summed E-state index contributed by atoms with van der Waals surface area (Å²) in [5.74, 6) is 0.140. The molecular formula is C18H22N6O3. The van der Waals surface area contributed by atoms with Gasteiger partial charge in [-0.1, -0.05) is 19.1 Å².